The number of ether oxygens (including phenoxy) is 1. The molecule has 0 amide bonds. The molecule has 1 N–H and O–H groups in total. The Balaban J connectivity index is 1.51. The van der Waals surface area contributed by atoms with Crippen LogP contribution in [-0.2, 0) is 17.8 Å². The van der Waals surface area contributed by atoms with Crippen LogP contribution in [0.2, 0.25) is 0 Å². The van der Waals surface area contributed by atoms with Crippen LogP contribution in [0.3, 0.4) is 0 Å². The van der Waals surface area contributed by atoms with Crippen molar-refractivity contribution in [3.8, 4) is 5.75 Å². The predicted octanol–water partition coefficient (Wildman–Crippen LogP) is 3.67. The van der Waals surface area contributed by atoms with Gasteiger partial charge in [0.1, 0.15) is 12.0 Å². The summed E-state index contributed by atoms with van der Waals surface area (Å²) in [6.07, 6.45) is 2.49. The molecule has 3 aromatic rings. The Labute approximate surface area is 190 Å². The number of fused-ring (bicyclic) bond motifs is 1. The number of rotatable bonds is 8. The third-order valence-corrected chi connectivity index (χ3v) is 6.00. The van der Waals surface area contributed by atoms with Crippen LogP contribution in [0.4, 0.5) is 11.5 Å². The molecule has 0 atom stereocenters. The minimum absolute atomic E-state index is 0.130. The lowest BCUT2D eigenvalue weighted by atomic mass is 10.2. The van der Waals surface area contributed by atoms with Gasteiger partial charge < -0.3 is 14.4 Å². The average Bonchev–Trinajstić information content (AvgIpc) is 3.06. The molecule has 11 nitrogen and oxygen atoms in total. The second-order valence-electron chi connectivity index (χ2n) is 8.05. The number of aromatic hydroxyl groups is 1. The average molecular weight is 454 g/mol. The van der Waals surface area contributed by atoms with E-state index < -0.39 is 4.92 Å². The Bertz CT molecular complexity index is 1190. The lowest BCUT2D eigenvalue weighted by molar-refractivity contribution is -0.385. The molecule has 1 aromatic carbocycles. The van der Waals surface area contributed by atoms with Crippen molar-refractivity contribution in [2.75, 3.05) is 32.8 Å². The normalized spacial score (nSPS) is 15.0. The standard InChI is InChI=1S/C22H27N7O4/c1-15-16(2)28(7-3-6-27-8-10-33-11-9-27)22-20(15)21(23-14-24-22)26-25-13-17-4-5-19(30)18(12-17)29(31)32/h4-5,12,14,30H,3,6-11,13H2,1-2H3. The number of hydrogen-bond acceptors (Lipinski definition) is 9. The number of phenols is 1. The number of azo groups is 1. The number of aromatic nitrogens is 3. The Morgan fingerprint density at radius 3 is 2.76 bits per heavy atom. The highest BCUT2D eigenvalue weighted by Crippen LogP contribution is 2.31. The number of nitro benzene ring substituents is 1. The van der Waals surface area contributed by atoms with Crippen LogP contribution in [0.25, 0.3) is 11.0 Å². The van der Waals surface area contributed by atoms with Gasteiger partial charge in [-0.2, -0.15) is 5.11 Å². The van der Waals surface area contributed by atoms with Crippen LogP contribution in [0.15, 0.2) is 34.8 Å². The van der Waals surface area contributed by atoms with Gasteiger partial charge >= 0.3 is 5.69 Å². The third kappa shape index (κ3) is 4.99. The number of nitrogens with zero attached hydrogens (tertiary/aromatic N) is 7. The molecule has 0 bridgehead atoms. The molecule has 3 heterocycles. The van der Waals surface area contributed by atoms with Crippen molar-refractivity contribution < 1.29 is 14.8 Å². The molecule has 0 radical (unpaired) electrons. The monoisotopic (exact) mass is 453 g/mol. The van der Waals surface area contributed by atoms with Crippen molar-refractivity contribution >= 4 is 22.5 Å². The van der Waals surface area contributed by atoms with Gasteiger partial charge in [0.05, 0.1) is 30.1 Å². The molecule has 0 saturated carbocycles. The number of aryl methyl sites for hydroxylation is 2. The van der Waals surface area contributed by atoms with E-state index in [4.69, 9.17) is 4.74 Å². The smallest absolute Gasteiger partial charge is 0.311 e. The number of morpholine rings is 1. The lowest BCUT2D eigenvalue weighted by Crippen LogP contribution is -2.37. The van der Waals surface area contributed by atoms with E-state index in [-0.39, 0.29) is 18.0 Å². The van der Waals surface area contributed by atoms with Crippen LogP contribution in [0.1, 0.15) is 23.2 Å². The Morgan fingerprint density at radius 2 is 2.00 bits per heavy atom. The molecule has 2 aromatic heterocycles. The maximum absolute atomic E-state index is 11.0. The van der Waals surface area contributed by atoms with Gasteiger partial charge in [0, 0.05) is 37.9 Å². The topological polar surface area (TPSA) is 131 Å². The van der Waals surface area contributed by atoms with E-state index in [1.54, 1.807) is 6.07 Å². The van der Waals surface area contributed by atoms with E-state index in [0.29, 0.717) is 11.4 Å². The molecule has 0 spiro atoms. The first-order chi connectivity index (χ1) is 16.0. The van der Waals surface area contributed by atoms with E-state index in [0.717, 1.165) is 68.1 Å². The van der Waals surface area contributed by atoms with E-state index >= 15 is 0 Å². The molecular formula is C22H27N7O4. The first-order valence-corrected chi connectivity index (χ1v) is 10.9. The molecule has 174 valence electrons. The zero-order valence-corrected chi connectivity index (χ0v) is 18.8. The highest BCUT2D eigenvalue weighted by Gasteiger charge is 2.17. The molecule has 1 aliphatic rings. The maximum Gasteiger partial charge on any atom is 0.311 e. The van der Waals surface area contributed by atoms with E-state index in [9.17, 15) is 15.2 Å². The quantitative estimate of drug-likeness (QED) is 0.313. The molecule has 0 unspecified atom stereocenters. The van der Waals surface area contributed by atoms with Gasteiger partial charge in [0.2, 0.25) is 0 Å². The molecule has 1 fully saturated rings. The SMILES string of the molecule is Cc1c(C)n(CCCN2CCOCC2)c2ncnc(N=NCc3ccc(O)c([N+](=O)[O-])c3)c12. The highest BCUT2D eigenvalue weighted by atomic mass is 16.6. The fourth-order valence-corrected chi connectivity index (χ4v) is 4.07. The van der Waals surface area contributed by atoms with Crippen molar-refractivity contribution in [1.82, 2.24) is 19.4 Å². The van der Waals surface area contributed by atoms with Crippen molar-refractivity contribution in [1.29, 1.82) is 0 Å². The van der Waals surface area contributed by atoms with Crippen LogP contribution in [0, 0.1) is 24.0 Å². The summed E-state index contributed by atoms with van der Waals surface area (Å²) in [5.74, 6) is 0.0973. The van der Waals surface area contributed by atoms with Gasteiger partial charge in [-0.15, -0.1) is 5.11 Å². The van der Waals surface area contributed by atoms with Crippen LogP contribution in [0.5, 0.6) is 5.75 Å². The van der Waals surface area contributed by atoms with E-state index in [2.05, 4.69) is 36.6 Å². The molecule has 4 rings (SSSR count). The van der Waals surface area contributed by atoms with Crippen LogP contribution >= 0.6 is 0 Å². The van der Waals surface area contributed by atoms with Crippen LogP contribution < -0.4 is 0 Å². The molecule has 1 aliphatic heterocycles. The number of hydrogen-bond donors (Lipinski definition) is 1. The Morgan fingerprint density at radius 1 is 1.21 bits per heavy atom. The van der Waals surface area contributed by atoms with Crippen molar-refractivity contribution in [3.63, 3.8) is 0 Å². The number of phenolic OH excluding ortho intramolecular Hbond substituents is 1. The second-order valence-corrected chi connectivity index (χ2v) is 8.05. The Hall–Kier alpha value is -3.44. The summed E-state index contributed by atoms with van der Waals surface area (Å²) in [6.45, 7) is 9.63. The third-order valence-electron chi connectivity index (χ3n) is 6.00. The molecular weight excluding hydrogens is 426 g/mol. The van der Waals surface area contributed by atoms with Gasteiger partial charge in [0.25, 0.3) is 0 Å². The van der Waals surface area contributed by atoms with Gasteiger partial charge in [-0.25, -0.2) is 9.97 Å². The summed E-state index contributed by atoms with van der Waals surface area (Å²) in [6, 6.07) is 4.16. The van der Waals surface area contributed by atoms with Gasteiger partial charge in [-0.1, -0.05) is 6.07 Å². The summed E-state index contributed by atoms with van der Waals surface area (Å²) in [5.41, 5.74) is 3.23. The van der Waals surface area contributed by atoms with Gasteiger partial charge in [-0.05, 0) is 37.5 Å². The van der Waals surface area contributed by atoms with Crippen LogP contribution in [-0.4, -0.2) is 62.3 Å². The second kappa shape index (κ2) is 10.0. The summed E-state index contributed by atoms with van der Waals surface area (Å²) >= 11 is 0. The first-order valence-electron chi connectivity index (χ1n) is 10.9. The highest BCUT2D eigenvalue weighted by molar-refractivity contribution is 5.90. The maximum atomic E-state index is 11.0. The zero-order chi connectivity index (χ0) is 23.4. The van der Waals surface area contributed by atoms with Gasteiger partial charge in [-0.3, -0.25) is 15.0 Å². The van der Waals surface area contributed by atoms with Gasteiger partial charge in [0.15, 0.2) is 11.6 Å². The lowest BCUT2D eigenvalue weighted by Gasteiger charge is -2.26. The molecule has 0 aliphatic carbocycles. The molecule has 1 saturated heterocycles. The fraction of sp³-hybridized carbons (Fsp3) is 0.455. The Kier molecular flexibility index (Phi) is 6.90. The van der Waals surface area contributed by atoms with Crippen molar-refractivity contribution in [3.05, 3.63) is 51.5 Å². The van der Waals surface area contributed by atoms with E-state index in [1.165, 1.54) is 18.5 Å². The minimum Gasteiger partial charge on any atom is -0.502 e. The van der Waals surface area contributed by atoms with Crippen molar-refractivity contribution in [2.24, 2.45) is 10.2 Å². The predicted molar refractivity (Wildman–Crippen MR) is 122 cm³/mol. The zero-order valence-electron chi connectivity index (χ0n) is 18.8. The summed E-state index contributed by atoms with van der Waals surface area (Å²) in [5, 5.41) is 30.0. The summed E-state index contributed by atoms with van der Waals surface area (Å²) in [4.78, 5) is 21.6. The molecule has 11 heteroatoms. The first kappa shape index (κ1) is 22.7. The molecule has 33 heavy (non-hydrogen) atoms. The summed E-state index contributed by atoms with van der Waals surface area (Å²) < 4.78 is 7.62. The largest absolute Gasteiger partial charge is 0.502 e. The number of benzene rings is 1. The minimum atomic E-state index is -0.627. The fourth-order valence-electron chi connectivity index (χ4n) is 4.07. The number of nitro groups is 1. The summed E-state index contributed by atoms with van der Waals surface area (Å²) in [7, 11) is 0. The van der Waals surface area contributed by atoms with E-state index in [1.807, 2.05) is 6.92 Å². The van der Waals surface area contributed by atoms with Crippen molar-refractivity contribution in [2.45, 2.75) is 33.4 Å².